The van der Waals surface area contributed by atoms with Crippen LogP contribution in [-0.4, -0.2) is 5.37 Å². The lowest BCUT2D eigenvalue weighted by Crippen LogP contribution is -1.77. The van der Waals surface area contributed by atoms with E-state index < -0.39 is 0 Å². The number of benzene rings is 1. The Morgan fingerprint density at radius 1 is 0.929 bits per heavy atom. The Labute approximate surface area is 86.2 Å². The van der Waals surface area contributed by atoms with Gasteiger partial charge in [-0.1, -0.05) is 30.4 Å². The molecule has 0 aromatic heterocycles. The average Bonchev–Trinajstić information content (AvgIpc) is 2.79. The molecule has 68 valence electrons. The highest BCUT2D eigenvalue weighted by atomic mass is 32.2. The van der Waals surface area contributed by atoms with Crippen LogP contribution in [0.3, 0.4) is 0 Å². The van der Waals surface area contributed by atoms with Crippen molar-refractivity contribution in [3.8, 4) is 0 Å². The molecule has 0 nitrogen and oxygen atoms in total. The predicted octanol–water partition coefficient (Wildman–Crippen LogP) is 3.51. The number of fused-ring (bicyclic) bond motifs is 1. The summed E-state index contributed by atoms with van der Waals surface area (Å²) in [6, 6.07) is 10.7. The predicted molar refractivity (Wildman–Crippen MR) is 63.7 cm³/mol. The lowest BCUT2D eigenvalue weighted by atomic mass is 10.3. The summed E-state index contributed by atoms with van der Waals surface area (Å²) < 4.78 is 0. The molecule has 14 heavy (non-hydrogen) atoms. The smallest absolute Gasteiger partial charge is 0.0135 e. The van der Waals surface area contributed by atoms with Gasteiger partial charge in [0.25, 0.3) is 0 Å². The molecule has 1 aromatic rings. The highest BCUT2D eigenvalue weighted by molar-refractivity contribution is 8.19. The van der Waals surface area contributed by atoms with Crippen molar-refractivity contribution in [1.29, 1.82) is 0 Å². The summed E-state index contributed by atoms with van der Waals surface area (Å²) in [4.78, 5) is 2.88. The van der Waals surface area contributed by atoms with Gasteiger partial charge < -0.3 is 0 Å². The molecule has 1 heterocycles. The number of hydrogen-bond donors (Lipinski definition) is 0. The molecule has 1 aromatic carbocycles. The fraction of sp³-hybridized carbons (Fsp3) is 0. The number of hydrogen-bond acceptors (Lipinski definition) is 0. The monoisotopic (exact) mass is 198 g/mol. The van der Waals surface area contributed by atoms with E-state index in [0.29, 0.717) is 0 Å². The second kappa shape index (κ2) is 3.10. The third kappa shape index (κ3) is 1.13. The van der Waals surface area contributed by atoms with Crippen molar-refractivity contribution < 1.29 is 0 Å². The maximum absolute atomic E-state index is 2.31. The Balaban J connectivity index is 2.05. The van der Waals surface area contributed by atoms with E-state index in [1.54, 1.807) is 0 Å². The van der Waals surface area contributed by atoms with E-state index in [2.05, 4.69) is 60.0 Å². The molecule has 0 amide bonds. The van der Waals surface area contributed by atoms with Gasteiger partial charge in [-0.05, 0) is 35.2 Å². The molecule has 0 saturated heterocycles. The summed E-state index contributed by atoms with van der Waals surface area (Å²) in [5.41, 5.74) is 1.39. The van der Waals surface area contributed by atoms with Crippen molar-refractivity contribution >= 4 is 15.9 Å². The van der Waals surface area contributed by atoms with Crippen molar-refractivity contribution in [3.05, 3.63) is 65.1 Å². The molecular formula is C13H10S. The average molecular weight is 198 g/mol. The zero-order valence-corrected chi connectivity index (χ0v) is 8.50. The Bertz CT molecular complexity index is 487. The van der Waals surface area contributed by atoms with E-state index in [1.807, 2.05) is 0 Å². The van der Waals surface area contributed by atoms with Crippen LogP contribution in [-0.2, 0) is 0 Å². The van der Waals surface area contributed by atoms with Gasteiger partial charge in [-0.25, -0.2) is 0 Å². The summed E-state index contributed by atoms with van der Waals surface area (Å²) in [6.45, 7) is 0. The Morgan fingerprint density at radius 3 is 2.64 bits per heavy atom. The maximum atomic E-state index is 2.31. The third-order valence-corrected chi connectivity index (χ3v) is 4.46. The molecule has 1 aliphatic carbocycles. The van der Waals surface area contributed by atoms with E-state index in [4.69, 9.17) is 0 Å². The summed E-state index contributed by atoms with van der Waals surface area (Å²) in [5, 5.41) is 2.31. The Hall–Kier alpha value is -1.34. The van der Waals surface area contributed by atoms with Gasteiger partial charge >= 0.3 is 0 Å². The molecule has 0 spiro atoms. The van der Waals surface area contributed by atoms with Crippen molar-refractivity contribution in [1.82, 2.24) is 0 Å². The SMILES string of the molecule is C1=CC2=CC=S(c3ccccc3)C2=C1. The molecule has 1 atom stereocenters. The minimum absolute atomic E-state index is 0.185. The first-order valence-corrected chi connectivity index (χ1v) is 5.96. The lowest BCUT2D eigenvalue weighted by Gasteiger charge is -2.06. The lowest BCUT2D eigenvalue weighted by molar-refractivity contribution is 1.47. The zero-order chi connectivity index (χ0) is 9.38. The quantitative estimate of drug-likeness (QED) is 0.606. The Kier molecular flexibility index (Phi) is 1.78. The van der Waals surface area contributed by atoms with Gasteiger partial charge in [-0.3, -0.25) is 0 Å². The minimum Gasteiger partial charge on any atom is -0.123 e. The van der Waals surface area contributed by atoms with Crippen molar-refractivity contribution in [2.24, 2.45) is 0 Å². The second-order valence-corrected chi connectivity index (χ2v) is 5.16. The molecule has 0 radical (unpaired) electrons. The summed E-state index contributed by atoms with van der Waals surface area (Å²) >= 11 is 0. The first-order chi connectivity index (χ1) is 6.95. The van der Waals surface area contributed by atoms with Gasteiger partial charge in [0.15, 0.2) is 0 Å². The Morgan fingerprint density at radius 2 is 1.79 bits per heavy atom. The molecule has 1 unspecified atom stereocenters. The highest BCUT2D eigenvalue weighted by Crippen LogP contribution is 2.44. The van der Waals surface area contributed by atoms with Crippen LogP contribution in [0.5, 0.6) is 0 Å². The molecule has 0 N–H and O–H groups in total. The first-order valence-electron chi connectivity index (χ1n) is 4.67. The molecule has 1 heteroatoms. The zero-order valence-electron chi connectivity index (χ0n) is 7.68. The number of rotatable bonds is 1. The summed E-state index contributed by atoms with van der Waals surface area (Å²) in [5.74, 6) is 0. The van der Waals surface area contributed by atoms with E-state index in [9.17, 15) is 0 Å². The highest BCUT2D eigenvalue weighted by Gasteiger charge is 2.15. The third-order valence-electron chi connectivity index (χ3n) is 2.43. The fourth-order valence-corrected chi connectivity index (χ4v) is 3.65. The van der Waals surface area contributed by atoms with Gasteiger partial charge in [-0.15, -0.1) is 10.5 Å². The van der Waals surface area contributed by atoms with Crippen LogP contribution in [0.25, 0.3) is 0 Å². The van der Waals surface area contributed by atoms with E-state index in [0.717, 1.165) is 0 Å². The summed E-state index contributed by atoms with van der Waals surface area (Å²) in [6.07, 6.45) is 8.77. The van der Waals surface area contributed by atoms with E-state index in [1.165, 1.54) is 15.4 Å². The fourth-order valence-electron chi connectivity index (χ4n) is 1.74. The first kappa shape index (κ1) is 8.01. The van der Waals surface area contributed by atoms with Gasteiger partial charge in [0, 0.05) is 9.80 Å². The largest absolute Gasteiger partial charge is 0.123 e. The molecule has 2 aliphatic rings. The van der Waals surface area contributed by atoms with Crippen LogP contribution in [0.2, 0.25) is 0 Å². The van der Waals surface area contributed by atoms with Crippen LogP contribution >= 0.6 is 10.5 Å². The van der Waals surface area contributed by atoms with Gasteiger partial charge in [0.2, 0.25) is 0 Å². The van der Waals surface area contributed by atoms with Crippen LogP contribution in [0.1, 0.15) is 0 Å². The maximum Gasteiger partial charge on any atom is 0.0135 e. The van der Waals surface area contributed by atoms with Crippen molar-refractivity contribution in [2.45, 2.75) is 4.90 Å². The van der Waals surface area contributed by atoms with Crippen LogP contribution in [0, 0.1) is 0 Å². The second-order valence-electron chi connectivity index (χ2n) is 3.30. The molecule has 0 bridgehead atoms. The van der Waals surface area contributed by atoms with Gasteiger partial charge in [-0.2, -0.15) is 0 Å². The van der Waals surface area contributed by atoms with Crippen LogP contribution < -0.4 is 0 Å². The molecule has 1 aliphatic heterocycles. The molecule has 3 rings (SSSR count). The minimum atomic E-state index is 0.185. The topological polar surface area (TPSA) is 0 Å². The molecular weight excluding hydrogens is 188 g/mol. The molecule has 0 fully saturated rings. The van der Waals surface area contributed by atoms with Crippen LogP contribution in [0.15, 0.2) is 70.0 Å². The van der Waals surface area contributed by atoms with Gasteiger partial charge in [0.1, 0.15) is 0 Å². The van der Waals surface area contributed by atoms with Crippen molar-refractivity contribution in [3.63, 3.8) is 0 Å². The molecule has 0 saturated carbocycles. The summed E-state index contributed by atoms with van der Waals surface area (Å²) in [7, 11) is 0.185. The number of allylic oxidation sites excluding steroid dienone is 5. The van der Waals surface area contributed by atoms with E-state index in [-0.39, 0.29) is 10.5 Å². The van der Waals surface area contributed by atoms with Crippen molar-refractivity contribution in [2.75, 3.05) is 0 Å². The van der Waals surface area contributed by atoms with Crippen LogP contribution in [0.4, 0.5) is 0 Å². The van der Waals surface area contributed by atoms with Gasteiger partial charge in [0.05, 0.1) is 0 Å². The standard InChI is InChI=1S/C13H10S/c1-2-6-12(7-3-1)14-10-9-11-5-4-8-13(11)14/h1-10H. The van der Waals surface area contributed by atoms with E-state index >= 15 is 0 Å². The normalized spacial score (nSPS) is 22.7.